The van der Waals surface area contributed by atoms with Crippen molar-refractivity contribution in [3.05, 3.63) is 65.0 Å². The van der Waals surface area contributed by atoms with Crippen molar-refractivity contribution in [3.8, 4) is 35.1 Å². The molecule has 2 aromatic heterocycles. The third kappa shape index (κ3) is 3.12. The van der Waals surface area contributed by atoms with Crippen LogP contribution in [0.4, 0.5) is 0 Å². The van der Waals surface area contributed by atoms with Crippen LogP contribution in [0.5, 0.6) is 0 Å². The molecule has 0 aliphatic carbocycles. The summed E-state index contributed by atoms with van der Waals surface area (Å²) in [5, 5.41) is 0. The van der Waals surface area contributed by atoms with Gasteiger partial charge < -0.3 is 4.57 Å². The Balaban J connectivity index is 2.11. The Hall–Kier alpha value is -3.12. The van der Waals surface area contributed by atoms with Gasteiger partial charge in [-0.2, -0.15) is 0 Å². The molecule has 1 aromatic carbocycles. The minimum absolute atomic E-state index is 0.756. The van der Waals surface area contributed by atoms with Gasteiger partial charge in [-0.05, 0) is 62.1 Å². The predicted molar refractivity (Wildman–Crippen MR) is 104 cm³/mol. The van der Waals surface area contributed by atoms with Crippen LogP contribution in [-0.2, 0) is 7.05 Å². The van der Waals surface area contributed by atoms with Crippen molar-refractivity contribution in [2.75, 3.05) is 0 Å². The van der Waals surface area contributed by atoms with Gasteiger partial charge in [0.05, 0.1) is 11.4 Å². The van der Waals surface area contributed by atoms with E-state index in [9.17, 15) is 0 Å². The Morgan fingerprint density at radius 3 is 2.48 bits per heavy atom. The van der Waals surface area contributed by atoms with Crippen LogP contribution in [0.3, 0.4) is 0 Å². The van der Waals surface area contributed by atoms with E-state index in [-0.39, 0.29) is 0 Å². The third-order valence-corrected chi connectivity index (χ3v) is 4.36. The van der Waals surface area contributed by atoms with Crippen LogP contribution >= 0.6 is 0 Å². The molecular weight excluding hydrogens is 306 g/mol. The minimum Gasteiger partial charge on any atom is -0.319 e. The smallest absolute Gasteiger partial charge is 0.160 e. The first kappa shape index (κ1) is 16.7. The van der Waals surface area contributed by atoms with Crippen LogP contribution < -0.4 is 0 Å². The normalized spacial score (nSPS) is 11.0. The maximum Gasteiger partial charge on any atom is 0.160 e. The number of aryl methyl sites for hydroxylation is 2. The molecule has 3 rings (SSSR count). The van der Waals surface area contributed by atoms with E-state index in [0.29, 0.717) is 0 Å². The first-order chi connectivity index (χ1) is 12.0. The highest BCUT2D eigenvalue weighted by molar-refractivity contribution is 5.66. The molecule has 124 valence electrons. The van der Waals surface area contributed by atoms with E-state index in [2.05, 4.69) is 43.0 Å². The number of pyridine rings is 1. The highest BCUT2D eigenvalue weighted by atomic mass is 15.1. The fourth-order valence-corrected chi connectivity index (χ4v) is 2.81. The van der Waals surface area contributed by atoms with Crippen molar-refractivity contribution in [1.82, 2.24) is 14.5 Å². The summed E-state index contributed by atoms with van der Waals surface area (Å²) in [5.74, 6) is 3.49. The number of nitrogens with zero attached hydrogens (tertiary/aromatic N) is 3. The Labute approximate surface area is 149 Å². The molecule has 3 heteroatoms. The average molecular weight is 327 g/mol. The zero-order valence-corrected chi connectivity index (χ0v) is 15.0. The molecule has 2 heterocycles. The number of benzene rings is 1. The van der Waals surface area contributed by atoms with Gasteiger partial charge in [0.15, 0.2) is 5.82 Å². The summed E-state index contributed by atoms with van der Waals surface area (Å²) in [7, 11) is 1.93. The van der Waals surface area contributed by atoms with Crippen molar-refractivity contribution in [3.63, 3.8) is 0 Å². The number of hydrogen-bond acceptors (Lipinski definition) is 2. The lowest BCUT2D eigenvalue weighted by Crippen LogP contribution is -1.98. The van der Waals surface area contributed by atoms with Crippen molar-refractivity contribution >= 4 is 6.08 Å². The molecule has 0 saturated heterocycles. The summed E-state index contributed by atoms with van der Waals surface area (Å²) in [5.41, 5.74) is 6.92. The molecule has 0 amide bonds. The Kier molecular flexibility index (Phi) is 4.54. The number of allylic oxidation sites excluding steroid dienone is 1. The maximum atomic E-state index is 5.66. The first-order valence-electron chi connectivity index (χ1n) is 8.26. The van der Waals surface area contributed by atoms with E-state index in [4.69, 9.17) is 11.4 Å². The molecule has 0 spiro atoms. The first-order valence-corrected chi connectivity index (χ1v) is 8.26. The highest BCUT2D eigenvalue weighted by Crippen LogP contribution is 2.25. The van der Waals surface area contributed by atoms with Gasteiger partial charge in [0.1, 0.15) is 11.4 Å². The lowest BCUT2D eigenvalue weighted by molar-refractivity contribution is 0.904. The summed E-state index contributed by atoms with van der Waals surface area (Å²) in [4.78, 5) is 9.50. The summed E-state index contributed by atoms with van der Waals surface area (Å²) in [6, 6.07) is 12.4. The zero-order valence-electron chi connectivity index (χ0n) is 15.0. The molecule has 0 saturated carbocycles. The summed E-state index contributed by atoms with van der Waals surface area (Å²) in [6.07, 6.45) is 9.52. The molecule has 3 nitrogen and oxygen atoms in total. The predicted octanol–water partition coefficient (Wildman–Crippen LogP) is 4.78. The topological polar surface area (TPSA) is 30.7 Å². The summed E-state index contributed by atoms with van der Waals surface area (Å²) in [6.45, 7) is 6.18. The second kappa shape index (κ2) is 6.78. The largest absolute Gasteiger partial charge is 0.319 e. The van der Waals surface area contributed by atoms with Gasteiger partial charge in [-0.15, -0.1) is 6.42 Å². The number of hydrogen-bond donors (Lipinski definition) is 0. The Morgan fingerprint density at radius 2 is 1.80 bits per heavy atom. The summed E-state index contributed by atoms with van der Waals surface area (Å²) < 4.78 is 1.92. The van der Waals surface area contributed by atoms with Crippen molar-refractivity contribution < 1.29 is 0 Å². The molecule has 0 aliphatic rings. The number of terminal acetylenes is 1. The highest BCUT2D eigenvalue weighted by Gasteiger charge is 2.14. The minimum atomic E-state index is 0.756. The molecular formula is C22H21N3. The second-order valence-electron chi connectivity index (χ2n) is 6.08. The van der Waals surface area contributed by atoms with Crippen LogP contribution in [0.2, 0.25) is 0 Å². The van der Waals surface area contributed by atoms with Crippen LogP contribution in [-0.4, -0.2) is 14.5 Å². The van der Waals surface area contributed by atoms with E-state index in [0.717, 1.165) is 34.2 Å². The van der Waals surface area contributed by atoms with Crippen molar-refractivity contribution in [2.24, 2.45) is 7.05 Å². The van der Waals surface area contributed by atoms with E-state index >= 15 is 0 Å². The molecule has 0 unspecified atom stereocenters. The number of imidazole rings is 1. The molecule has 0 fully saturated rings. The fraction of sp³-hybridized carbons (Fsp3) is 0.182. The SMILES string of the molecule is C#Cc1c(/C=C\C)nc(-c2cccc(-c3ccc(C)c(C)c3)n2)n1C. The molecule has 0 N–H and O–H groups in total. The molecule has 0 atom stereocenters. The summed E-state index contributed by atoms with van der Waals surface area (Å²) >= 11 is 0. The number of aromatic nitrogens is 3. The van der Waals surface area contributed by atoms with E-state index in [1.807, 2.05) is 48.9 Å². The second-order valence-corrected chi connectivity index (χ2v) is 6.08. The van der Waals surface area contributed by atoms with Gasteiger partial charge in [0.25, 0.3) is 0 Å². The molecule has 25 heavy (non-hydrogen) atoms. The van der Waals surface area contributed by atoms with Crippen LogP contribution in [0, 0.1) is 26.2 Å². The van der Waals surface area contributed by atoms with Gasteiger partial charge in [-0.1, -0.05) is 24.3 Å². The van der Waals surface area contributed by atoms with Crippen molar-refractivity contribution in [2.45, 2.75) is 20.8 Å². The fourth-order valence-electron chi connectivity index (χ4n) is 2.81. The van der Waals surface area contributed by atoms with Gasteiger partial charge in [0.2, 0.25) is 0 Å². The number of rotatable bonds is 3. The van der Waals surface area contributed by atoms with Crippen LogP contribution in [0.15, 0.2) is 42.5 Å². The molecule has 0 aliphatic heterocycles. The van der Waals surface area contributed by atoms with Crippen molar-refractivity contribution in [1.29, 1.82) is 0 Å². The Morgan fingerprint density at radius 1 is 1.04 bits per heavy atom. The third-order valence-electron chi connectivity index (χ3n) is 4.36. The van der Waals surface area contributed by atoms with Gasteiger partial charge >= 0.3 is 0 Å². The van der Waals surface area contributed by atoms with E-state index in [1.54, 1.807) is 0 Å². The lowest BCUT2D eigenvalue weighted by atomic mass is 10.0. The Bertz CT molecular complexity index is 1000. The molecule has 3 aromatic rings. The molecule has 0 bridgehead atoms. The van der Waals surface area contributed by atoms with E-state index in [1.165, 1.54) is 11.1 Å². The standard InChI is InChI=1S/C22H21N3/c1-6-9-19-21(7-2)25(5)22(24-19)20-11-8-10-18(23-20)17-13-12-15(3)16(4)14-17/h2,6,8-14H,1,3-5H3/b9-6-. The zero-order chi connectivity index (χ0) is 18.0. The monoisotopic (exact) mass is 327 g/mol. The quantitative estimate of drug-likeness (QED) is 0.648. The maximum absolute atomic E-state index is 5.66. The van der Waals surface area contributed by atoms with Crippen LogP contribution in [0.1, 0.15) is 29.4 Å². The van der Waals surface area contributed by atoms with Gasteiger partial charge in [-0.3, -0.25) is 0 Å². The molecule has 0 radical (unpaired) electrons. The van der Waals surface area contributed by atoms with Gasteiger partial charge in [0, 0.05) is 12.6 Å². The van der Waals surface area contributed by atoms with E-state index < -0.39 is 0 Å². The van der Waals surface area contributed by atoms with Gasteiger partial charge in [-0.25, -0.2) is 9.97 Å². The van der Waals surface area contributed by atoms with Crippen LogP contribution in [0.25, 0.3) is 28.9 Å². The lowest BCUT2D eigenvalue weighted by Gasteiger charge is -2.07. The average Bonchev–Trinajstić information content (AvgIpc) is 2.93.